The topological polar surface area (TPSA) is 77.0 Å². The molecule has 4 unspecified atom stereocenters. The molecule has 4 atom stereocenters. The van der Waals surface area contributed by atoms with Crippen LogP contribution in [0.5, 0.6) is 0 Å². The highest BCUT2D eigenvalue weighted by Gasteiger charge is 2.35. The fourth-order valence-electron chi connectivity index (χ4n) is 4.25. The summed E-state index contributed by atoms with van der Waals surface area (Å²) in [6.07, 6.45) is 7.91. The van der Waals surface area contributed by atoms with Crippen LogP contribution < -0.4 is 10.6 Å². The van der Waals surface area contributed by atoms with E-state index in [4.69, 9.17) is 4.99 Å². The van der Waals surface area contributed by atoms with E-state index in [0.717, 1.165) is 57.5 Å². The SMILES string of the molecule is CCNC(=NCC1(C)CCCCC1O)NC1CCCC(C(=O)N(C)C)C1. The van der Waals surface area contributed by atoms with Gasteiger partial charge in [0, 0.05) is 38.0 Å². The van der Waals surface area contributed by atoms with Crippen molar-refractivity contribution in [2.75, 3.05) is 27.2 Å². The van der Waals surface area contributed by atoms with Gasteiger partial charge in [-0.05, 0) is 39.0 Å². The molecule has 26 heavy (non-hydrogen) atoms. The van der Waals surface area contributed by atoms with Gasteiger partial charge in [0.2, 0.25) is 5.91 Å². The Morgan fingerprint density at radius 1 is 1.23 bits per heavy atom. The minimum Gasteiger partial charge on any atom is -0.392 e. The Kier molecular flexibility index (Phi) is 7.74. The summed E-state index contributed by atoms with van der Waals surface area (Å²) in [6.45, 7) is 5.65. The Morgan fingerprint density at radius 3 is 2.65 bits per heavy atom. The third kappa shape index (κ3) is 5.60. The van der Waals surface area contributed by atoms with Gasteiger partial charge in [-0.15, -0.1) is 0 Å². The minimum absolute atomic E-state index is 0.108. The number of aliphatic hydroxyl groups excluding tert-OH is 1. The van der Waals surface area contributed by atoms with Crippen molar-refractivity contribution >= 4 is 11.9 Å². The van der Waals surface area contributed by atoms with E-state index < -0.39 is 0 Å². The summed E-state index contributed by atoms with van der Waals surface area (Å²) in [5, 5.41) is 17.3. The van der Waals surface area contributed by atoms with Crippen molar-refractivity contribution in [3.63, 3.8) is 0 Å². The van der Waals surface area contributed by atoms with E-state index in [2.05, 4.69) is 24.5 Å². The molecule has 0 bridgehead atoms. The maximum Gasteiger partial charge on any atom is 0.225 e. The molecule has 2 aliphatic rings. The highest BCUT2D eigenvalue weighted by Crippen LogP contribution is 2.36. The number of hydrogen-bond acceptors (Lipinski definition) is 3. The third-order valence-electron chi connectivity index (χ3n) is 6.03. The normalized spacial score (nSPS) is 32.8. The lowest BCUT2D eigenvalue weighted by molar-refractivity contribution is -0.134. The zero-order valence-corrected chi connectivity index (χ0v) is 17.1. The number of nitrogens with zero attached hydrogens (tertiary/aromatic N) is 2. The molecule has 0 aromatic rings. The van der Waals surface area contributed by atoms with Gasteiger partial charge in [-0.25, -0.2) is 0 Å². The summed E-state index contributed by atoms with van der Waals surface area (Å²) in [5.74, 6) is 1.16. The van der Waals surface area contributed by atoms with E-state index in [-0.39, 0.29) is 29.4 Å². The number of carbonyl (C=O) groups excluding carboxylic acids is 1. The van der Waals surface area contributed by atoms with Crippen molar-refractivity contribution in [3.05, 3.63) is 0 Å². The van der Waals surface area contributed by atoms with Crippen LogP contribution in [0.25, 0.3) is 0 Å². The zero-order chi connectivity index (χ0) is 19.2. The summed E-state index contributed by atoms with van der Waals surface area (Å²) in [7, 11) is 3.67. The molecule has 1 amide bonds. The first-order valence-electron chi connectivity index (χ1n) is 10.3. The first-order valence-corrected chi connectivity index (χ1v) is 10.3. The molecule has 0 heterocycles. The quantitative estimate of drug-likeness (QED) is 0.515. The summed E-state index contributed by atoms with van der Waals surface area (Å²) >= 11 is 0. The van der Waals surface area contributed by atoms with E-state index in [1.807, 2.05) is 14.1 Å². The molecule has 2 saturated carbocycles. The lowest BCUT2D eigenvalue weighted by Gasteiger charge is -2.37. The predicted molar refractivity (Wildman–Crippen MR) is 106 cm³/mol. The standard InChI is InChI=1S/C20H38N4O2/c1-5-21-19(22-14-20(2)12-7-6-11-17(20)25)23-16-10-8-9-15(13-16)18(26)24(3)4/h15-17,25H,5-14H2,1-4H3,(H2,21,22,23). The molecule has 0 aromatic heterocycles. The lowest BCUT2D eigenvalue weighted by Crippen LogP contribution is -2.47. The van der Waals surface area contributed by atoms with E-state index in [1.165, 1.54) is 6.42 Å². The number of hydrogen-bond donors (Lipinski definition) is 3. The molecule has 2 aliphatic carbocycles. The first-order chi connectivity index (χ1) is 12.4. The van der Waals surface area contributed by atoms with Crippen LogP contribution in [0.2, 0.25) is 0 Å². The van der Waals surface area contributed by atoms with Crippen molar-refractivity contribution in [1.82, 2.24) is 15.5 Å². The van der Waals surface area contributed by atoms with Crippen LogP contribution in [0.15, 0.2) is 4.99 Å². The van der Waals surface area contributed by atoms with Gasteiger partial charge in [0.15, 0.2) is 5.96 Å². The van der Waals surface area contributed by atoms with Gasteiger partial charge in [0.05, 0.1) is 12.6 Å². The van der Waals surface area contributed by atoms with Crippen LogP contribution in [0, 0.1) is 11.3 Å². The van der Waals surface area contributed by atoms with Gasteiger partial charge < -0.3 is 20.6 Å². The van der Waals surface area contributed by atoms with Crippen LogP contribution in [-0.4, -0.2) is 61.2 Å². The molecular weight excluding hydrogens is 328 g/mol. The van der Waals surface area contributed by atoms with Gasteiger partial charge in [-0.1, -0.05) is 26.2 Å². The second-order valence-corrected chi connectivity index (χ2v) is 8.55. The van der Waals surface area contributed by atoms with Crippen molar-refractivity contribution in [1.29, 1.82) is 0 Å². The zero-order valence-electron chi connectivity index (χ0n) is 17.1. The Morgan fingerprint density at radius 2 is 2.00 bits per heavy atom. The van der Waals surface area contributed by atoms with Crippen molar-refractivity contribution in [2.45, 2.75) is 77.4 Å². The third-order valence-corrected chi connectivity index (χ3v) is 6.03. The molecule has 2 fully saturated rings. The van der Waals surface area contributed by atoms with E-state index >= 15 is 0 Å². The van der Waals surface area contributed by atoms with Crippen LogP contribution in [0.1, 0.15) is 65.2 Å². The smallest absolute Gasteiger partial charge is 0.225 e. The molecule has 6 heteroatoms. The molecule has 0 spiro atoms. The monoisotopic (exact) mass is 366 g/mol. The van der Waals surface area contributed by atoms with Crippen LogP contribution in [-0.2, 0) is 4.79 Å². The lowest BCUT2D eigenvalue weighted by atomic mass is 9.73. The van der Waals surface area contributed by atoms with Crippen LogP contribution in [0.4, 0.5) is 0 Å². The molecule has 150 valence electrons. The summed E-state index contributed by atoms with van der Waals surface area (Å²) in [6, 6.07) is 0.277. The average Bonchev–Trinajstić information content (AvgIpc) is 2.62. The maximum atomic E-state index is 12.3. The molecule has 0 aromatic carbocycles. The van der Waals surface area contributed by atoms with Crippen molar-refractivity contribution in [2.24, 2.45) is 16.3 Å². The summed E-state index contributed by atoms with van der Waals surface area (Å²) in [4.78, 5) is 18.8. The Hall–Kier alpha value is -1.30. The molecule has 2 rings (SSSR count). The maximum absolute atomic E-state index is 12.3. The Labute approximate surface area is 158 Å². The highest BCUT2D eigenvalue weighted by molar-refractivity contribution is 5.81. The summed E-state index contributed by atoms with van der Waals surface area (Å²) in [5.41, 5.74) is -0.128. The second kappa shape index (κ2) is 9.58. The Balaban J connectivity index is 1.97. The number of aliphatic hydroxyl groups is 1. The highest BCUT2D eigenvalue weighted by atomic mass is 16.3. The number of guanidine groups is 1. The molecule has 0 aliphatic heterocycles. The van der Waals surface area contributed by atoms with Crippen molar-refractivity contribution < 1.29 is 9.90 Å². The van der Waals surface area contributed by atoms with E-state index in [1.54, 1.807) is 4.90 Å². The molecule has 0 radical (unpaired) electrons. The first kappa shape index (κ1) is 21.0. The molecular formula is C20H38N4O2. The molecule has 3 N–H and O–H groups in total. The van der Waals surface area contributed by atoms with Gasteiger partial charge in [0.1, 0.15) is 0 Å². The average molecular weight is 367 g/mol. The van der Waals surface area contributed by atoms with E-state index in [9.17, 15) is 9.90 Å². The van der Waals surface area contributed by atoms with Crippen LogP contribution in [0.3, 0.4) is 0 Å². The van der Waals surface area contributed by atoms with E-state index in [0.29, 0.717) is 6.54 Å². The van der Waals surface area contributed by atoms with Crippen molar-refractivity contribution in [3.8, 4) is 0 Å². The predicted octanol–water partition coefficient (Wildman–Crippen LogP) is 2.13. The largest absolute Gasteiger partial charge is 0.392 e. The second-order valence-electron chi connectivity index (χ2n) is 8.55. The van der Waals surface area contributed by atoms with Gasteiger partial charge in [-0.2, -0.15) is 0 Å². The number of carbonyl (C=O) groups is 1. The molecule has 0 saturated heterocycles. The Bertz CT molecular complexity index is 494. The molecule has 6 nitrogen and oxygen atoms in total. The summed E-state index contributed by atoms with van der Waals surface area (Å²) < 4.78 is 0. The number of nitrogens with one attached hydrogen (secondary N) is 2. The number of amides is 1. The van der Waals surface area contributed by atoms with Gasteiger partial charge in [-0.3, -0.25) is 9.79 Å². The fraction of sp³-hybridized carbons (Fsp3) is 0.900. The van der Waals surface area contributed by atoms with Gasteiger partial charge in [0.25, 0.3) is 0 Å². The fourth-order valence-corrected chi connectivity index (χ4v) is 4.25. The van der Waals surface area contributed by atoms with Gasteiger partial charge >= 0.3 is 0 Å². The number of rotatable bonds is 5. The van der Waals surface area contributed by atoms with Crippen LogP contribution >= 0.6 is 0 Å². The minimum atomic E-state index is -0.264. The number of aliphatic imine (C=N–C) groups is 1.